The lowest BCUT2D eigenvalue weighted by molar-refractivity contribution is 0.0231. The minimum Gasteiger partial charge on any atom is -0.508 e. The lowest BCUT2D eigenvalue weighted by Gasteiger charge is -2.23. The fourth-order valence-corrected chi connectivity index (χ4v) is 3.45. The molecule has 5 N–H and O–H groups in total. The van der Waals surface area contributed by atoms with Crippen LogP contribution in [0.25, 0.3) is 11.1 Å². The number of carbonyl (C=O) groups is 3. The van der Waals surface area contributed by atoms with Gasteiger partial charge in [-0.25, -0.2) is 14.4 Å². The molecule has 35 heavy (non-hydrogen) atoms. The second-order valence-corrected chi connectivity index (χ2v) is 9.12. The second kappa shape index (κ2) is 9.24. The Morgan fingerprint density at radius 2 is 1.29 bits per heavy atom. The van der Waals surface area contributed by atoms with Crippen molar-refractivity contribution in [3.05, 3.63) is 34.4 Å². The molecule has 1 amide bonds. The standard InChI is InChI=1S/C24H27NO10/c1-10-15(26)6-13-17(19(10)28)18-14(7-16(27)11(2)20(18)29)22(31)34-9-12(8-33-21(13)30)25-23(32)35-24(3,4)5/h6-7,12,26-29H,8-9H2,1-5H3,(H,25,32). The first kappa shape index (κ1) is 25.5. The average Bonchev–Trinajstić information content (AvgIpc) is 2.77. The molecule has 0 saturated heterocycles. The molecule has 1 aliphatic rings. The summed E-state index contributed by atoms with van der Waals surface area (Å²) in [5.74, 6) is -4.09. The van der Waals surface area contributed by atoms with Gasteiger partial charge in [0.15, 0.2) is 0 Å². The van der Waals surface area contributed by atoms with Crippen LogP contribution in [-0.4, -0.2) is 63.3 Å². The van der Waals surface area contributed by atoms with Crippen molar-refractivity contribution in [2.75, 3.05) is 13.2 Å². The Hall–Kier alpha value is -4.15. The SMILES string of the molecule is Cc1c(O)cc2c(c1O)-c1c(cc(O)c(C)c1O)C(=O)OCC(NC(=O)OC(C)(C)C)COC2=O. The van der Waals surface area contributed by atoms with Crippen LogP contribution in [0.1, 0.15) is 52.6 Å². The van der Waals surface area contributed by atoms with Crippen molar-refractivity contribution in [1.29, 1.82) is 0 Å². The number of cyclic esters (lactones) is 2. The Labute approximate surface area is 200 Å². The maximum atomic E-state index is 13.0. The molecule has 0 aliphatic carbocycles. The molecule has 3 rings (SSSR count). The number of phenolic OH excluding ortho intramolecular Hbond substituents is 4. The summed E-state index contributed by atoms with van der Waals surface area (Å²) in [5, 5.41) is 44.6. The summed E-state index contributed by atoms with van der Waals surface area (Å²) in [4.78, 5) is 38.3. The van der Waals surface area contributed by atoms with Crippen molar-refractivity contribution in [3.63, 3.8) is 0 Å². The Morgan fingerprint density at radius 3 is 1.66 bits per heavy atom. The second-order valence-electron chi connectivity index (χ2n) is 9.12. The van der Waals surface area contributed by atoms with Gasteiger partial charge in [-0.2, -0.15) is 0 Å². The van der Waals surface area contributed by atoms with Gasteiger partial charge in [0.05, 0.1) is 11.1 Å². The highest BCUT2D eigenvalue weighted by atomic mass is 16.6. The van der Waals surface area contributed by atoms with E-state index >= 15 is 0 Å². The van der Waals surface area contributed by atoms with Gasteiger partial charge in [-0.05, 0) is 46.8 Å². The van der Waals surface area contributed by atoms with Crippen molar-refractivity contribution in [2.45, 2.75) is 46.3 Å². The maximum Gasteiger partial charge on any atom is 0.408 e. The van der Waals surface area contributed by atoms with Crippen LogP contribution in [0.4, 0.5) is 4.79 Å². The van der Waals surface area contributed by atoms with Gasteiger partial charge in [-0.3, -0.25) is 0 Å². The van der Waals surface area contributed by atoms with Gasteiger partial charge < -0.3 is 40.0 Å². The van der Waals surface area contributed by atoms with Crippen molar-refractivity contribution < 1.29 is 49.0 Å². The Kier molecular flexibility index (Phi) is 6.73. The number of nitrogens with one attached hydrogen (secondary N) is 1. The highest BCUT2D eigenvalue weighted by Crippen LogP contribution is 2.48. The normalized spacial score (nSPS) is 14.7. The number of aromatic hydroxyl groups is 4. The number of alkyl carbamates (subject to hydrolysis) is 1. The summed E-state index contributed by atoms with van der Waals surface area (Å²) in [7, 11) is 0. The van der Waals surface area contributed by atoms with Crippen LogP contribution in [0.15, 0.2) is 12.1 Å². The molecule has 1 heterocycles. The number of fused-ring (bicyclic) bond motifs is 3. The molecule has 0 fully saturated rings. The van der Waals surface area contributed by atoms with Crippen LogP contribution in [0.5, 0.6) is 23.0 Å². The first-order valence-corrected chi connectivity index (χ1v) is 10.7. The van der Waals surface area contributed by atoms with Gasteiger partial charge in [0.1, 0.15) is 47.9 Å². The van der Waals surface area contributed by atoms with Crippen LogP contribution in [-0.2, 0) is 14.2 Å². The molecular weight excluding hydrogens is 462 g/mol. The topological polar surface area (TPSA) is 172 Å². The zero-order valence-corrected chi connectivity index (χ0v) is 19.9. The molecule has 0 unspecified atom stereocenters. The van der Waals surface area contributed by atoms with Crippen LogP contribution in [0.3, 0.4) is 0 Å². The van der Waals surface area contributed by atoms with E-state index < -0.39 is 65.9 Å². The van der Waals surface area contributed by atoms with Gasteiger partial charge in [0.25, 0.3) is 0 Å². The molecule has 2 aromatic carbocycles. The fraction of sp³-hybridized carbons (Fsp3) is 0.375. The minimum absolute atomic E-state index is 0.0275. The highest BCUT2D eigenvalue weighted by molar-refractivity contribution is 6.07. The van der Waals surface area contributed by atoms with Crippen molar-refractivity contribution in [1.82, 2.24) is 5.32 Å². The van der Waals surface area contributed by atoms with E-state index in [4.69, 9.17) is 14.2 Å². The summed E-state index contributed by atoms with van der Waals surface area (Å²) >= 11 is 0. The van der Waals surface area contributed by atoms with Gasteiger partial charge in [0, 0.05) is 22.3 Å². The predicted octanol–water partition coefficient (Wildman–Crippen LogP) is 3.01. The Balaban J connectivity index is 2.18. The average molecular weight is 489 g/mol. The summed E-state index contributed by atoms with van der Waals surface area (Å²) in [6.45, 7) is 6.79. The molecule has 11 heteroatoms. The number of rotatable bonds is 1. The number of ether oxygens (including phenoxy) is 3. The summed E-state index contributed by atoms with van der Waals surface area (Å²) < 4.78 is 15.8. The van der Waals surface area contributed by atoms with Crippen molar-refractivity contribution >= 4 is 18.0 Å². The number of amides is 1. The van der Waals surface area contributed by atoms with Crippen LogP contribution >= 0.6 is 0 Å². The van der Waals surface area contributed by atoms with Gasteiger partial charge in [-0.15, -0.1) is 0 Å². The highest BCUT2D eigenvalue weighted by Gasteiger charge is 2.32. The Morgan fingerprint density at radius 1 is 0.886 bits per heavy atom. The number of esters is 2. The zero-order chi connectivity index (χ0) is 26.2. The molecule has 0 radical (unpaired) electrons. The lowest BCUT2D eigenvalue weighted by Crippen LogP contribution is -2.44. The van der Waals surface area contributed by atoms with E-state index in [-0.39, 0.29) is 33.4 Å². The van der Waals surface area contributed by atoms with Gasteiger partial charge >= 0.3 is 18.0 Å². The molecule has 0 atom stereocenters. The van der Waals surface area contributed by atoms with E-state index in [2.05, 4.69) is 5.32 Å². The molecule has 0 spiro atoms. The Bertz CT molecular complexity index is 1130. The minimum atomic E-state index is -1.02. The predicted molar refractivity (Wildman–Crippen MR) is 122 cm³/mol. The monoisotopic (exact) mass is 489 g/mol. The number of phenols is 4. The van der Waals surface area contributed by atoms with Crippen LogP contribution in [0, 0.1) is 13.8 Å². The van der Waals surface area contributed by atoms with Crippen molar-refractivity contribution in [2.24, 2.45) is 0 Å². The summed E-state index contributed by atoms with van der Waals surface area (Å²) in [6, 6.07) is 1.03. The lowest BCUT2D eigenvalue weighted by atomic mass is 9.89. The summed E-state index contributed by atoms with van der Waals surface area (Å²) in [5.41, 5.74) is -2.19. The maximum absolute atomic E-state index is 13.0. The third-order valence-corrected chi connectivity index (χ3v) is 5.30. The van der Waals surface area contributed by atoms with E-state index in [0.29, 0.717) is 0 Å². The number of benzene rings is 2. The van der Waals surface area contributed by atoms with E-state index in [1.807, 2.05) is 0 Å². The van der Waals surface area contributed by atoms with Gasteiger partial charge in [0.2, 0.25) is 0 Å². The van der Waals surface area contributed by atoms with Crippen LogP contribution in [0.2, 0.25) is 0 Å². The third kappa shape index (κ3) is 5.18. The number of hydrogen-bond donors (Lipinski definition) is 5. The molecule has 0 saturated carbocycles. The smallest absolute Gasteiger partial charge is 0.408 e. The number of hydrogen-bond acceptors (Lipinski definition) is 10. The molecular formula is C24H27NO10. The number of carbonyl (C=O) groups excluding carboxylic acids is 3. The molecule has 1 aliphatic heterocycles. The van der Waals surface area contributed by atoms with E-state index in [1.54, 1.807) is 20.8 Å². The first-order chi connectivity index (χ1) is 16.2. The molecule has 2 aromatic rings. The van der Waals surface area contributed by atoms with Crippen molar-refractivity contribution in [3.8, 4) is 34.1 Å². The quantitative estimate of drug-likeness (QED) is 0.296. The summed E-state index contributed by atoms with van der Waals surface area (Å²) in [6.07, 6.45) is -0.845. The zero-order valence-electron chi connectivity index (χ0n) is 19.9. The largest absolute Gasteiger partial charge is 0.508 e. The third-order valence-electron chi connectivity index (χ3n) is 5.30. The molecule has 11 nitrogen and oxygen atoms in total. The fourth-order valence-electron chi connectivity index (χ4n) is 3.45. The van der Waals surface area contributed by atoms with Gasteiger partial charge in [-0.1, -0.05) is 0 Å². The molecule has 188 valence electrons. The van der Waals surface area contributed by atoms with Crippen LogP contribution < -0.4 is 5.32 Å². The molecule has 0 aromatic heterocycles. The molecule has 0 bridgehead atoms. The first-order valence-electron chi connectivity index (χ1n) is 10.7. The van der Waals surface area contributed by atoms with E-state index in [0.717, 1.165) is 12.1 Å². The van der Waals surface area contributed by atoms with E-state index in [1.165, 1.54) is 13.8 Å². The van der Waals surface area contributed by atoms with E-state index in [9.17, 15) is 34.8 Å².